The molecule has 4 rings (SSSR count). The summed E-state index contributed by atoms with van der Waals surface area (Å²) in [4.78, 5) is 17.4. The van der Waals surface area contributed by atoms with Gasteiger partial charge in [-0.25, -0.2) is 15.0 Å². The van der Waals surface area contributed by atoms with E-state index in [1.54, 1.807) is 23.7 Å². The number of rotatable bonds is 4. The highest BCUT2D eigenvalue weighted by Crippen LogP contribution is 2.25. The SMILES string of the molecule is c1cc(Nc2nccc(-c3cccs3)n2)cc(-c2ncc[nH]2)c1. The highest BCUT2D eigenvalue weighted by molar-refractivity contribution is 7.13. The Morgan fingerprint density at radius 2 is 2.00 bits per heavy atom. The molecule has 0 amide bonds. The van der Waals surface area contributed by atoms with Crippen LogP contribution < -0.4 is 5.32 Å². The zero-order valence-electron chi connectivity index (χ0n) is 12.1. The molecular weight excluding hydrogens is 306 g/mol. The summed E-state index contributed by atoms with van der Waals surface area (Å²) in [6.45, 7) is 0. The van der Waals surface area contributed by atoms with Crippen molar-refractivity contribution in [2.75, 3.05) is 5.32 Å². The molecule has 2 N–H and O–H groups in total. The first-order valence-corrected chi connectivity index (χ1v) is 8.00. The Bertz CT molecular complexity index is 825. The molecule has 0 bridgehead atoms. The van der Waals surface area contributed by atoms with E-state index in [0.717, 1.165) is 27.6 Å². The number of imidazole rings is 1. The van der Waals surface area contributed by atoms with Crippen LogP contribution in [0.3, 0.4) is 0 Å². The molecule has 0 fully saturated rings. The maximum atomic E-state index is 4.57. The van der Waals surface area contributed by atoms with Crippen LogP contribution >= 0.6 is 11.3 Å². The summed E-state index contributed by atoms with van der Waals surface area (Å²) in [6, 6.07) is 14.0. The molecule has 0 spiro atoms. The minimum Gasteiger partial charge on any atom is -0.345 e. The van der Waals surface area contributed by atoms with E-state index in [9.17, 15) is 0 Å². The van der Waals surface area contributed by atoms with Crippen LogP contribution in [0.1, 0.15) is 0 Å². The number of thiophene rings is 1. The van der Waals surface area contributed by atoms with Gasteiger partial charge >= 0.3 is 0 Å². The molecule has 4 aromatic rings. The Hall–Kier alpha value is -2.99. The molecule has 0 radical (unpaired) electrons. The number of hydrogen-bond acceptors (Lipinski definition) is 5. The predicted octanol–water partition coefficient (Wildman–Crippen LogP) is 4.34. The number of aromatic amines is 1. The minimum atomic E-state index is 0.576. The summed E-state index contributed by atoms with van der Waals surface area (Å²) in [5.41, 5.74) is 2.84. The quantitative estimate of drug-likeness (QED) is 0.587. The van der Waals surface area contributed by atoms with E-state index in [1.807, 2.05) is 54.0 Å². The number of hydrogen-bond donors (Lipinski definition) is 2. The van der Waals surface area contributed by atoms with Crippen molar-refractivity contribution in [1.82, 2.24) is 19.9 Å². The Balaban J connectivity index is 1.61. The van der Waals surface area contributed by atoms with E-state index in [0.29, 0.717) is 5.95 Å². The molecule has 5 nitrogen and oxygen atoms in total. The monoisotopic (exact) mass is 319 g/mol. The van der Waals surface area contributed by atoms with E-state index < -0.39 is 0 Å². The highest BCUT2D eigenvalue weighted by atomic mass is 32.1. The van der Waals surface area contributed by atoms with E-state index in [-0.39, 0.29) is 0 Å². The van der Waals surface area contributed by atoms with E-state index in [4.69, 9.17) is 0 Å². The van der Waals surface area contributed by atoms with Gasteiger partial charge in [0.2, 0.25) is 5.95 Å². The van der Waals surface area contributed by atoms with Crippen molar-refractivity contribution in [1.29, 1.82) is 0 Å². The summed E-state index contributed by atoms with van der Waals surface area (Å²) in [6.07, 6.45) is 5.31. The zero-order valence-corrected chi connectivity index (χ0v) is 12.9. The van der Waals surface area contributed by atoms with Crippen molar-refractivity contribution in [2.45, 2.75) is 0 Å². The second-order valence-corrected chi connectivity index (χ2v) is 5.83. The third kappa shape index (κ3) is 2.97. The summed E-state index contributed by atoms with van der Waals surface area (Å²) < 4.78 is 0. The van der Waals surface area contributed by atoms with E-state index >= 15 is 0 Å². The van der Waals surface area contributed by atoms with Crippen LogP contribution in [0.5, 0.6) is 0 Å². The van der Waals surface area contributed by atoms with Crippen LogP contribution in [0, 0.1) is 0 Å². The average molecular weight is 319 g/mol. The molecule has 23 heavy (non-hydrogen) atoms. The summed E-state index contributed by atoms with van der Waals surface area (Å²) in [5.74, 6) is 1.41. The molecule has 6 heteroatoms. The average Bonchev–Trinajstić information content (AvgIpc) is 3.29. The number of anilines is 2. The van der Waals surface area contributed by atoms with Gasteiger partial charge < -0.3 is 10.3 Å². The summed E-state index contributed by atoms with van der Waals surface area (Å²) in [7, 11) is 0. The van der Waals surface area contributed by atoms with Crippen molar-refractivity contribution >= 4 is 23.0 Å². The molecule has 0 saturated heterocycles. The van der Waals surface area contributed by atoms with Crippen LogP contribution in [0.2, 0.25) is 0 Å². The molecule has 1 aromatic carbocycles. The Labute approximate surface area is 137 Å². The van der Waals surface area contributed by atoms with Crippen molar-refractivity contribution in [3.8, 4) is 22.0 Å². The lowest BCUT2D eigenvalue weighted by Gasteiger charge is -2.07. The topological polar surface area (TPSA) is 66.5 Å². The molecule has 0 aliphatic carbocycles. The van der Waals surface area contributed by atoms with Crippen molar-refractivity contribution in [2.24, 2.45) is 0 Å². The van der Waals surface area contributed by atoms with E-state index in [1.165, 1.54) is 0 Å². The first-order valence-electron chi connectivity index (χ1n) is 7.12. The van der Waals surface area contributed by atoms with Crippen LogP contribution in [0.4, 0.5) is 11.6 Å². The predicted molar refractivity (Wildman–Crippen MR) is 92.7 cm³/mol. The van der Waals surface area contributed by atoms with Gasteiger partial charge in [-0.05, 0) is 29.6 Å². The zero-order chi connectivity index (χ0) is 15.5. The van der Waals surface area contributed by atoms with Crippen LogP contribution in [-0.2, 0) is 0 Å². The van der Waals surface area contributed by atoms with Gasteiger partial charge in [-0.2, -0.15) is 0 Å². The van der Waals surface area contributed by atoms with Gasteiger partial charge in [0.1, 0.15) is 5.82 Å². The van der Waals surface area contributed by atoms with E-state index in [2.05, 4.69) is 25.3 Å². The third-order valence-corrected chi connectivity index (χ3v) is 4.21. The molecule has 3 aromatic heterocycles. The smallest absolute Gasteiger partial charge is 0.227 e. The lowest BCUT2D eigenvalue weighted by molar-refractivity contribution is 1.17. The molecule has 3 heterocycles. The van der Waals surface area contributed by atoms with Crippen molar-refractivity contribution < 1.29 is 0 Å². The molecule has 0 unspecified atom stereocenters. The lowest BCUT2D eigenvalue weighted by Crippen LogP contribution is -1.97. The normalized spacial score (nSPS) is 10.6. The number of benzene rings is 1. The summed E-state index contributed by atoms with van der Waals surface area (Å²) >= 11 is 1.66. The Morgan fingerprint density at radius 3 is 2.83 bits per heavy atom. The summed E-state index contributed by atoms with van der Waals surface area (Å²) in [5, 5.41) is 5.29. The first kappa shape index (κ1) is 13.7. The molecule has 0 atom stereocenters. The standard InChI is InChI=1S/C17H13N5S/c1-3-12(16-18-8-9-19-16)11-13(4-1)21-17-20-7-6-14(22-17)15-5-2-10-23-15/h1-11H,(H,18,19)(H,20,21,22). The fourth-order valence-electron chi connectivity index (χ4n) is 2.28. The molecular formula is C17H13N5S. The van der Waals surface area contributed by atoms with Gasteiger partial charge in [-0.1, -0.05) is 18.2 Å². The van der Waals surface area contributed by atoms with Gasteiger partial charge in [0.15, 0.2) is 0 Å². The second kappa shape index (κ2) is 6.02. The fourth-order valence-corrected chi connectivity index (χ4v) is 2.97. The Kier molecular flexibility index (Phi) is 3.57. The Morgan fingerprint density at radius 1 is 1.00 bits per heavy atom. The van der Waals surface area contributed by atoms with Crippen LogP contribution in [0.25, 0.3) is 22.0 Å². The largest absolute Gasteiger partial charge is 0.345 e. The lowest BCUT2D eigenvalue weighted by atomic mass is 10.2. The number of aromatic nitrogens is 4. The second-order valence-electron chi connectivity index (χ2n) is 4.89. The van der Waals surface area contributed by atoms with Crippen molar-refractivity contribution in [3.05, 3.63) is 66.4 Å². The minimum absolute atomic E-state index is 0.576. The first-order chi connectivity index (χ1) is 11.4. The third-order valence-electron chi connectivity index (χ3n) is 3.32. The molecule has 0 saturated carbocycles. The maximum absolute atomic E-state index is 4.57. The van der Waals surface area contributed by atoms with Crippen LogP contribution in [0.15, 0.2) is 66.4 Å². The molecule has 0 aliphatic heterocycles. The fraction of sp³-hybridized carbons (Fsp3) is 0. The number of nitrogens with zero attached hydrogens (tertiary/aromatic N) is 3. The van der Waals surface area contributed by atoms with Crippen LogP contribution in [-0.4, -0.2) is 19.9 Å². The maximum Gasteiger partial charge on any atom is 0.227 e. The molecule has 0 aliphatic rings. The highest BCUT2D eigenvalue weighted by Gasteiger charge is 2.05. The van der Waals surface area contributed by atoms with Gasteiger partial charge in [0, 0.05) is 29.8 Å². The van der Waals surface area contributed by atoms with Gasteiger partial charge in [0.25, 0.3) is 0 Å². The van der Waals surface area contributed by atoms with Crippen molar-refractivity contribution in [3.63, 3.8) is 0 Å². The van der Waals surface area contributed by atoms with Gasteiger partial charge in [0.05, 0.1) is 10.6 Å². The molecule has 112 valence electrons. The number of H-pyrrole nitrogens is 1. The number of nitrogens with one attached hydrogen (secondary N) is 2. The van der Waals surface area contributed by atoms with Gasteiger partial charge in [-0.15, -0.1) is 11.3 Å². The van der Waals surface area contributed by atoms with Gasteiger partial charge in [-0.3, -0.25) is 0 Å².